The molecule has 1 aliphatic rings. The summed E-state index contributed by atoms with van der Waals surface area (Å²) in [4.78, 5) is 24.8. The van der Waals surface area contributed by atoms with E-state index in [-0.39, 0.29) is 30.7 Å². The number of nitrogens with zero attached hydrogens (tertiary/aromatic N) is 2. The molecule has 1 fully saturated rings. The molecule has 0 atom stereocenters. The second kappa shape index (κ2) is 7.79. The van der Waals surface area contributed by atoms with Gasteiger partial charge in [-0.15, -0.1) is 0 Å². The number of hydrogen-bond acceptors (Lipinski definition) is 4. The Bertz CT molecular complexity index is 884. The molecular formula is C19H19F2N3O3. The van der Waals surface area contributed by atoms with Crippen molar-refractivity contribution in [3.8, 4) is 0 Å². The predicted molar refractivity (Wildman–Crippen MR) is 96.3 cm³/mol. The molecule has 2 aromatic carbocycles. The summed E-state index contributed by atoms with van der Waals surface area (Å²) in [6.07, 6.45) is 1.82. The van der Waals surface area contributed by atoms with Crippen molar-refractivity contribution in [3.63, 3.8) is 0 Å². The Morgan fingerprint density at radius 2 is 2.04 bits per heavy atom. The maximum absolute atomic E-state index is 13.9. The van der Waals surface area contributed by atoms with E-state index < -0.39 is 16.6 Å². The zero-order valence-corrected chi connectivity index (χ0v) is 14.7. The number of nitrogens with one attached hydrogen (secondary N) is 1. The minimum absolute atomic E-state index is 0.0175. The number of rotatable bonds is 7. The summed E-state index contributed by atoms with van der Waals surface area (Å²) in [7, 11) is 0. The lowest BCUT2D eigenvalue weighted by Crippen LogP contribution is -2.35. The third-order valence-corrected chi connectivity index (χ3v) is 4.57. The number of benzene rings is 2. The molecule has 0 aliphatic heterocycles. The van der Waals surface area contributed by atoms with Gasteiger partial charge in [-0.2, -0.15) is 0 Å². The number of nitro groups is 1. The maximum atomic E-state index is 13.9. The molecule has 27 heavy (non-hydrogen) atoms. The molecule has 0 heterocycles. The SMILES string of the molecule is Cc1c(NC(=O)CN(Cc2ccc(F)cc2F)C2CC2)cccc1[N+](=O)[O-]. The number of carbonyl (C=O) groups is 1. The van der Waals surface area contributed by atoms with Crippen molar-refractivity contribution in [3.05, 3.63) is 69.3 Å². The fourth-order valence-corrected chi connectivity index (χ4v) is 2.95. The lowest BCUT2D eigenvalue weighted by atomic mass is 10.1. The predicted octanol–water partition coefficient (Wildman–Crippen LogP) is 3.78. The van der Waals surface area contributed by atoms with Crippen LogP contribution in [0.25, 0.3) is 0 Å². The highest BCUT2D eigenvalue weighted by Crippen LogP contribution is 2.29. The van der Waals surface area contributed by atoms with Crippen molar-refractivity contribution >= 4 is 17.3 Å². The van der Waals surface area contributed by atoms with Crippen molar-refractivity contribution in [2.45, 2.75) is 32.4 Å². The van der Waals surface area contributed by atoms with E-state index in [4.69, 9.17) is 0 Å². The van der Waals surface area contributed by atoms with Gasteiger partial charge >= 0.3 is 0 Å². The highest BCUT2D eigenvalue weighted by molar-refractivity contribution is 5.93. The second-order valence-electron chi connectivity index (χ2n) is 6.63. The topological polar surface area (TPSA) is 75.5 Å². The van der Waals surface area contributed by atoms with Gasteiger partial charge in [0.25, 0.3) is 5.69 Å². The van der Waals surface area contributed by atoms with Gasteiger partial charge in [-0.1, -0.05) is 12.1 Å². The van der Waals surface area contributed by atoms with Crippen molar-refractivity contribution in [1.82, 2.24) is 4.90 Å². The Hall–Kier alpha value is -2.87. The second-order valence-corrected chi connectivity index (χ2v) is 6.63. The number of hydrogen-bond donors (Lipinski definition) is 1. The van der Waals surface area contributed by atoms with E-state index in [0.717, 1.165) is 18.9 Å². The number of amides is 1. The van der Waals surface area contributed by atoms with Crippen LogP contribution in [0, 0.1) is 28.7 Å². The molecule has 1 N–H and O–H groups in total. The smallest absolute Gasteiger partial charge is 0.274 e. The van der Waals surface area contributed by atoms with E-state index in [1.54, 1.807) is 13.0 Å². The Balaban J connectivity index is 1.69. The molecule has 1 amide bonds. The van der Waals surface area contributed by atoms with Gasteiger partial charge in [-0.25, -0.2) is 8.78 Å². The minimum atomic E-state index is -0.645. The van der Waals surface area contributed by atoms with E-state index in [1.165, 1.54) is 24.3 Å². The van der Waals surface area contributed by atoms with Gasteiger partial charge in [0.1, 0.15) is 11.6 Å². The summed E-state index contributed by atoms with van der Waals surface area (Å²) in [5.74, 6) is -1.63. The summed E-state index contributed by atoms with van der Waals surface area (Å²) in [5.41, 5.74) is 0.999. The standard InChI is InChI=1S/C19H19F2N3O3/c1-12-17(3-2-4-18(12)24(26)27)22-19(25)11-23(15-7-8-15)10-13-5-6-14(20)9-16(13)21/h2-6,9,15H,7-8,10-11H2,1H3,(H,22,25). The van der Waals surface area contributed by atoms with Crippen LogP contribution < -0.4 is 5.32 Å². The summed E-state index contributed by atoms with van der Waals surface area (Å²) in [6, 6.07) is 8.05. The van der Waals surface area contributed by atoms with Crippen molar-refractivity contribution < 1.29 is 18.5 Å². The van der Waals surface area contributed by atoms with E-state index >= 15 is 0 Å². The van der Waals surface area contributed by atoms with Gasteiger partial charge in [-0.3, -0.25) is 19.8 Å². The van der Waals surface area contributed by atoms with Crippen LogP contribution in [0.4, 0.5) is 20.2 Å². The molecule has 1 saturated carbocycles. The highest BCUT2D eigenvalue weighted by atomic mass is 19.1. The largest absolute Gasteiger partial charge is 0.324 e. The van der Waals surface area contributed by atoms with Gasteiger partial charge in [0.15, 0.2) is 0 Å². The molecule has 8 heteroatoms. The van der Waals surface area contributed by atoms with Crippen molar-refractivity contribution in [1.29, 1.82) is 0 Å². The van der Waals surface area contributed by atoms with E-state index in [9.17, 15) is 23.7 Å². The molecule has 142 valence electrons. The molecule has 3 rings (SSSR count). The van der Waals surface area contributed by atoms with E-state index in [2.05, 4.69) is 5.32 Å². The lowest BCUT2D eigenvalue weighted by Gasteiger charge is -2.22. The first-order valence-electron chi connectivity index (χ1n) is 8.57. The maximum Gasteiger partial charge on any atom is 0.274 e. The van der Waals surface area contributed by atoms with Crippen LogP contribution in [-0.2, 0) is 11.3 Å². The molecule has 0 saturated heterocycles. The quantitative estimate of drug-likeness (QED) is 0.590. The number of carbonyl (C=O) groups excluding carboxylic acids is 1. The Labute approximate surface area is 154 Å². The van der Waals surface area contributed by atoms with Crippen LogP contribution >= 0.6 is 0 Å². The molecule has 6 nitrogen and oxygen atoms in total. The molecule has 2 aromatic rings. The normalized spacial score (nSPS) is 13.6. The zero-order valence-electron chi connectivity index (χ0n) is 14.7. The van der Waals surface area contributed by atoms with Gasteiger partial charge < -0.3 is 5.32 Å². The van der Waals surface area contributed by atoms with Gasteiger partial charge in [-0.05, 0) is 31.9 Å². The average molecular weight is 375 g/mol. The van der Waals surface area contributed by atoms with Crippen molar-refractivity contribution in [2.24, 2.45) is 0 Å². The van der Waals surface area contributed by atoms with Crippen LogP contribution in [0.3, 0.4) is 0 Å². The third-order valence-electron chi connectivity index (χ3n) is 4.57. The van der Waals surface area contributed by atoms with Crippen LogP contribution in [0.15, 0.2) is 36.4 Å². The Morgan fingerprint density at radius 1 is 1.30 bits per heavy atom. The lowest BCUT2D eigenvalue weighted by molar-refractivity contribution is -0.385. The molecular weight excluding hydrogens is 356 g/mol. The van der Waals surface area contributed by atoms with Crippen molar-refractivity contribution in [2.75, 3.05) is 11.9 Å². The number of nitro benzene ring substituents is 1. The molecule has 0 bridgehead atoms. The molecule has 1 aliphatic carbocycles. The molecule has 0 unspecified atom stereocenters. The van der Waals surface area contributed by atoms with Crippen LogP contribution in [0.5, 0.6) is 0 Å². The van der Waals surface area contributed by atoms with Gasteiger partial charge in [0, 0.05) is 30.3 Å². The first kappa shape index (κ1) is 18.9. The Morgan fingerprint density at radius 3 is 2.67 bits per heavy atom. The molecule has 0 radical (unpaired) electrons. The first-order chi connectivity index (χ1) is 12.8. The number of anilines is 1. The summed E-state index contributed by atoms with van der Waals surface area (Å²) in [5, 5.41) is 13.7. The van der Waals surface area contributed by atoms with Gasteiger partial charge in [0.2, 0.25) is 5.91 Å². The summed E-state index contributed by atoms with van der Waals surface area (Å²) in [6.45, 7) is 1.78. The Kier molecular flexibility index (Phi) is 5.46. The molecule has 0 aromatic heterocycles. The minimum Gasteiger partial charge on any atom is -0.324 e. The average Bonchev–Trinajstić information content (AvgIpc) is 3.43. The van der Waals surface area contributed by atoms with Crippen LogP contribution in [0.2, 0.25) is 0 Å². The van der Waals surface area contributed by atoms with E-state index in [0.29, 0.717) is 16.8 Å². The van der Waals surface area contributed by atoms with E-state index in [1.807, 2.05) is 4.90 Å². The summed E-state index contributed by atoms with van der Waals surface area (Å²) >= 11 is 0. The van der Waals surface area contributed by atoms with Gasteiger partial charge in [0.05, 0.1) is 22.7 Å². The van der Waals surface area contributed by atoms with Crippen LogP contribution in [-0.4, -0.2) is 28.3 Å². The zero-order chi connectivity index (χ0) is 19.6. The van der Waals surface area contributed by atoms with Crippen LogP contribution in [0.1, 0.15) is 24.0 Å². The number of halogens is 2. The first-order valence-corrected chi connectivity index (χ1v) is 8.57. The summed E-state index contributed by atoms with van der Waals surface area (Å²) < 4.78 is 27.0. The highest BCUT2D eigenvalue weighted by Gasteiger charge is 2.31. The molecule has 0 spiro atoms. The fourth-order valence-electron chi connectivity index (χ4n) is 2.95. The fraction of sp³-hybridized carbons (Fsp3) is 0.316. The monoisotopic (exact) mass is 375 g/mol. The third kappa shape index (κ3) is 4.65.